The first-order chi connectivity index (χ1) is 22.7. The Morgan fingerprint density at radius 2 is 0.935 bits per heavy atom. The van der Waals surface area contributed by atoms with Gasteiger partial charge in [0.15, 0.2) is 0 Å². The summed E-state index contributed by atoms with van der Waals surface area (Å²) in [5.74, 6) is 0. The van der Waals surface area contributed by atoms with Crippen LogP contribution in [0.5, 0.6) is 0 Å². The van der Waals surface area contributed by atoms with Gasteiger partial charge in [0.25, 0.3) is 0 Å². The van der Waals surface area contributed by atoms with Crippen LogP contribution in [0.25, 0.3) is 76.5 Å². The molecule has 1 unspecified atom stereocenters. The second kappa shape index (κ2) is 9.39. The van der Waals surface area contributed by atoms with Crippen molar-refractivity contribution < 1.29 is 0 Å². The average Bonchev–Trinajstić information content (AvgIpc) is 3.39. The molecule has 0 nitrogen and oxygen atoms in total. The predicted octanol–water partition coefficient (Wildman–Crippen LogP) is 12.4. The highest BCUT2D eigenvalue weighted by molar-refractivity contribution is 6.27. The lowest BCUT2D eigenvalue weighted by atomic mass is 9.73. The summed E-state index contributed by atoms with van der Waals surface area (Å²) in [7, 11) is 0. The molecule has 46 heavy (non-hydrogen) atoms. The van der Waals surface area contributed by atoms with Gasteiger partial charge in [0.05, 0.1) is 0 Å². The van der Waals surface area contributed by atoms with Crippen molar-refractivity contribution in [3.8, 4) is 33.4 Å². The fourth-order valence-corrected chi connectivity index (χ4v) is 8.47. The van der Waals surface area contributed by atoms with Crippen molar-refractivity contribution in [3.63, 3.8) is 0 Å². The standard InChI is InChI=1S/C46H30/c1-46(34-13-6-3-7-14-34)41-27-21-30-12-8-9-15-37(30)45(41)40-26-20-33(28-42(40)46)36-23-17-32-18-24-38-35(29-10-4-2-5-11-29)22-16-31-19-25-39(36)44(32)43(31)38/h2-28H,1H3. The van der Waals surface area contributed by atoms with Gasteiger partial charge in [-0.1, -0.05) is 158 Å². The number of hydrogen-bond donors (Lipinski definition) is 0. The van der Waals surface area contributed by atoms with Crippen LogP contribution < -0.4 is 0 Å². The van der Waals surface area contributed by atoms with Gasteiger partial charge in [0.2, 0.25) is 0 Å². The molecule has 1 atom stereocenters. The van der Waals surface area contributed by atoms with Crippen LogP contribution in [-0.2, 0) is 5.41 Å². The third-order valence-corrected chi connectivity index (χ3v) is 10.7. The van der Waals surface area contributed by atoms with Gasteiger partial charge in [-0.25, -0.2) is 0 Å². The molecular weight excluding hydrogens is 553 g/mol. The molecule has 0 amide bonds. The summed E-state index contributed by atoms with van der Waals surface area (Å²) < 4.78 is 0. The van der Waals surface area contributed by atoms with Crippen molar-refractivity contribution in [3.05, 3.63) is 180 Å². The molecule has 1 aliphatic carbocycles. The van der Waals surface area contributed by atoms with Gasteiger partial charge in [0, 0.05) is 5.41 Å². The van der Waals surface area contributed by atoms with E-state index in [4.69, 9.17) is 0 Å². The maximum absolute atomic E-state index is 2.48. The fraction of sp³-hybridized carbons (Fsp3) is 0.0435. The van der Waals surface area contributed by atoms with Crippen LogP contribution in [0.15, 0.2) is 164 Å². The molecule has 0 saturated carbocycles. The molecule has 0 heterocycles. The van der Waals surface area contributed by atoms with Crippen molar-refractivity contribution in [2.24, 2.45) is 0 Å². The minimum absolute atomic E-state index is 0.264. The molecule has 0 aromatic heterocycles. The zero-order valence-electron chi connectivity index (χ0n) is 25.6. The molecule has 0 N–H and O–H groups in total. The lowest BCUT2D eigenvalue weighted by Gasteiger charge is -2.29. The first-order valence-corrected chi connectivity index (χ1v) is 16.2. The molecule has 0 aliphatic heterocycles. The summed E-state index contributed by atoms with van der Waals surface area (Å²) in [5, 5.41) is 10.5. The summed E-state index contributed by atoms with van der Waals surface area (Å²) in [5.41, 5.74) is 11.6. The molecule has 0 heteroatoms. The number of fused-ring (bicyclic) bond motifs is 5. The number of benzene rings is 9. The van der Waals surface area contributed by atoms with E-state index >= 15 is 0 Å². The first-order valence-electron chi connectivity index (χ1n) is 16.2. The van der Waals surface area contributed by atoms with Gasteiger partial charge in [-0.15, -0.1) is 0 Å². The summed E-state index contributed by atoms with van der Waals surface area (Å²) in [6.07, 6.45) is 0. The Balaban J connectivity index is 1.24. The van der Waals surface area contributed by atoms with Crippen molar-refractivity contribution in [2.45, 2.75) is 12.3 Å². The number of rotatable bonds is 3. The maximum Gasteiger partial charge on any atom is 0.0435 e. The van der Waals surface area contributed by atoms with Crippen molar-refractivity contribution >= 4 is 43.1 Å². The molecule has 10 rings (SSSR count). The maximum atomic E-state index is 2.48. The monoisotopic (exact) mass is 582 g/mol. The Bertz CT molecular complexity index is 2630. The molecule has 0 saturated heterocycles. The third kappa shape index (κ3) is 3.39. The molecule has 9 aromatic carbocycles. The van der Waals surface area contributed by atoms with Gasteiger partial charge in [-0.2, -0.15) is 0 Å². The topological polar surface area (TPSA) is 0 Å². The van der Waals surface area contributed by atoms with Gasteiger partial charge < -0.3 is 0 Å². The van der Waals surface area contributed by atoms with Crippen LogP contribution >= 0.6 is 0 Å². The lowest BCUT2D eigenvalue weighted by Crippen LogP contribution is -2.22. The smallest absolute Gasteiger partial charge is 0.0435 e. The molecule has 1 aliphatic rings. The van der Waals surface area contributed by atoms with E-state index in [1.54, 1.807) is 0 Å². The Morgan fingerprint density at radius 3 is 1.65 bits per heavy atom. The molecular formula is C46H30. The van der Waals surface area contributed by atoms with Gasteiger partial charge in [-0.05, 0) is 106 Å². The summed E-state index contributed by atoms with van der Waals surface area (Å²) in [4.78, 5) is 0. The molecule has 0 bridgehead atoms. The Labute approximate surface area is 268 Å². The predicted molar refractivity (Wildman–Crippen MR) is 196 cm³/mol. The summed E-state index contributed by atoms with van der Waals surface area (Å²) in [6, 6.07) is 61.0. The van der Waals surface area contributed by atoms with Crippen LogP contribution in [0.2, 0.25) is 0 Å². The summed E-state index contributed by atoms with van der Waals surface area (Å²) >= 11 is 0. The Hall–Kier alpha value is -5.72. The second-order valence-electron chi connectivity index (χ2n) is 13.0. The molecule has 214 valence electrons. The summed E-state index contributed by atoms with van der Waals surface area (Å²) in [6.45, 7) is 2.42. The van der Waals surface area contributed by atoms with Crippen LogP contribution in [0.3, 0.4) is 0 Å². The number of hydrogen-bond acceptors (Lipinski definition) is 0. The van der Waals surface area contributed by atoms with Crippen molar-refractivity contribution in [1.82, 2.24) is 0 Å². The van der Waals surface area contributed by atoms with Crippen LogP contribution in [-0.4, -0.2) is 0 Å². The van der Waals surface area contributed by atoms with Gasteiger partial charge >= 0.3 is 0 Å². The van der Waals surface area contributed by atoms with E-state index in [0.29, 0.717) is 0 Å². The Morgan fingerprint density at radius 1 is 0.370 bits per heavy atom. The van der Waals surface area contributed by atoms with Crippen LogP contribution in [0.1, 0.15) is 23.6 Å². The SMILES string of the molecule is CC1(c2ccccc2)c2cc(-c3ccc4ccc5c(-c6ccccc6)ccc6ccc3c4c65)ccc2-c2c1ccc1ccccc21. The molecule has 9 aromatic rings. The third-order valence-electron chi connectivity index (χ3n) is 10.7. The zero-order chi connectivity index (χ0) is 30.4. The van der Waals surface area contributed by atoms with E-state index in [2.05, 4.69) is 171 Å². The van der Waals surface area contributed by atoms with E-state index in [-0.39, 0.29) is 5.41 Å². The highest BCUT2D eigenvalue weighted by Crippen LogP contribution is 2.55. The van der Waals surface area contributed by atoms with Crippen LogP contribution in [0, 0.1) is 0 Å². The fourth-order valence-electron chi connectivity index (χ4n) is 8.47. The van der Waals surface area contributed by atoms with E-state index in [1.807, 2.05) is 0 Å². The molecule has 0 radical (unpaired) electrons. The van der Waals surface area contributed by atoms with E-state index in [1.165, 1.54) is 93.2 Å². The quantitative estimate of drug-likeness (QED) is 0.182. The van der Waals surface area contributed by atoms with Crippen LogP contribution in [0.4, 0.5) is 0 Å². The second-order valence-corrected chi connectivity index (χ2v) is 13.0. The highest BCUT2D eigenvalue weighted by atomic mass is 14.4. The lowest BCUT2D eigenvalue weighted by molar-refractivity contribution is 0.714. The first kappa shape index (κ1) is 25.6. The minimum Gasteiger partial charge on any atom is -0.0622 e. The largest absolute Gasteiger partial charge is 0.0622 e. The van der Waals surface area contributed by atoms with E-state index in [9.17, 15) is 0 Å². The highest BCUT2D eigenvalue weighted by Gasteiger charge is 2.41. The molecule has 0 spiro atoms. The normalized spacial score (nSPS) is 15.6. The average molecular weight is 583 g/mol. The van der Waals surface area contributed by atoms with Crippen molar-refractivity contribution in [1.29, 1.82) is 0 Å². The minimum atomic E-state index is -0.264. The van der Waals surface area contributed by atoms with Crippen molar-refractivity contribution in [2.75, 3.05) is 0 Å². The molecule has 0 fully saturated rings. The zero-order valence-corrected chi connectivity index (χ0v) is 25.6. The Kier molecular flexibility index (Phi) is 5.23. The van der Waals surface area contributed by atoms with E-state index < -0.39 is 0 Å². The van der Waals surface area contributed by atoms with Gasteiger partial charge in [0.1, 0.15) is 0 Å². The van der Waals surface area contributed by atoms with Gasteiger partial charge in [-0.3, -0.25) is 0 Å². The van der Waals surface area contributed by atoms with E-state index in [0.717, 1.165) is 0 Å².